The molecule has 2 rings (SSSR count). The third-order valence-corrected chi connectivity index (χ3v) is 3.10. The van der Waals surface area contributed by atoms with E-state index in [0.717, 1.165) is 19.8 Å². The second-order valence-electron chi connectivity index (χ2n) is 4.40. The van der Waals surface area contributed by atoms with Crippen LogP contribution < -0.4 is 0 Å². The minimum absolute atomic E-state index is 0.635. The summed E-state index contributed by atoms with van der Waals surface area (Å²) >= 11 is 0. The van der Waals surface area contributed by atoms with E-state index in [9.17, 15) is 0 Å². The van der Waals surface area contributed by atoms with Crippen LogP contribution in [0.3, 0.4) is 0 Å². The van der Waals surface area contributed by atoms with Crippen molar-refractivity contribution in [3.05, 3.63) is 11.8 Å². The van der Waals surface area contributed by atoms with Gasteiger partial charge in [0.15, 0.2) is 0 Å². The van der Waals surface area contributed by atoms with E-state index in [0.29, 0.717) is 5.92 Å². The molecule has 2 nitrogen and oxygen atoms in total. The lowest BCUT2D eigenvalue weighted by Gasteiger charge is -2.14. The lowest BCUT2D eigenvalue weighted by atomic mass is 9.96. The normalized spacial score (nSPS) is 27.7. The summed E-state index contributed by atoms with van der Waals surface area (Å²) in [4.78, 5) is 0. The number of hydrogen-bond donors (Lipinski definition) is 0. The molecule has 0 aromatic heterocycles. The van der Waals surface area contributed by atoms with Gasteiger partial charge in [0.1, 0.15) is 0 Å². The zero-order chi connectivity index (χ0) is 9.64. The van der Waals surface area contributed by atoms with Gasteiger partial charge in [0.05, 0.1) is 19.5 Å². The highest BCUT2D eigenvalue weighted by Crippen LogP contribution is 2.23. The van der Waals surface area contributed by atoms with Crippen molar-refractivity contribution in [2.24, 2.45) is 5.92 Å². The van der Waals surface area contributed by atoms with Gasteiger partial charge >= 0.3 is 0 Å². The first kappa shape index (κ1) is 10.0. The van der Waals surface area contributed by atoms with Crippen molar-refractivity contribution in [3.8, 4) is 0 Å². The summed E-state index contributed by atoms with van der Waals surface area (Å²) in [5, 5.41) is 0. The summed E-state index contributed by atoms with van der Waals surface area (Å²) in [5.74, 6) is 0.635. The Bertz CT molecular complexity index is 184. The molecule has 0 radical (unpaired) electrons. The number of ether oxygens (including phenoxy) is 2. The first-order chi connectivity index (χ1) is 6.95. The number of hydrogen-bond acceptors (Lipinski definition) is 2. The quantitative estimate of drug-likeness (QED) is 0.646. The smallest absolute Gasteiger partial charge is 0.0924 e. The Kier molecular flexibility index (Phi) is 3.87. The van der Waals surface area contributed by atoms with E-state index in [1.807, 2.05) is 6.26 Å². The van der Waals surface area contributed by atoms with Crippen molar-refractivity contribution >= 4 is 0 Å². The lowest BCUT2D eigenvalue weighted by molar-refractivity contribution is 0.149. The fourth-order valence-corrected chi connectivity index (χ4v) is 2.14. The van der Waals surface area contributed by atoms with Gasteiger partial charge in [-0.2, -0.15) is 0 Å². The zero-order valence-electron chi connectivity index (χ0n) is 8.84. The van der Waals surface area contributed by atoms with Crippen LogP contribution in [0.15, 0.2) is 11.8 Å². The fourth-order valence-electron chi connectivity index (χ4n) is 2.14. The second-order valence-corrected chi connectivity index (χ2v) is 4.40. The molecule has 1 aliphatic carbocycles. The summed E-state index contributed by atoms with van der Waals surface area (Å²) in [6.45, 7) is 2.66. The van der Waals surface area contributed by atoms with Crippen LogP contribution in [0, 0.1) is 5.92 Å². The van der Waals surface area contributed by atoms with Gasteiger partial charge in [-0.3, -0.25) is 0 Å². The number of rotatable bonds is 3. The van der Waals surface area contributed by atoms with Crippen LogP contribution in [0.25, 0.3) is 0 Å². The van der Waals surface area contributed by atoms with Crippen LogP contribution in [-0.2, 0) is 9.47 Å². The largest absolute Gasteiger partial charge is 0.501 e. The number of allylic oxidation sites excluding steroid dienone is 1. The average molecular weight is 196 g/mol. The van der Waals surface area contributed by atoms with E-state index < -0.39 is 0 Å². The van der Waals surface area contributed by atoms with Crippen molar-refractivity contribution in [2.75, 3.05) is 19.8 Å². The van der Waals surface area contributed by atoms with E-state index in [2.05, 4.69) is 0 Å². The Morgan fingerprint density at radius 3 is 2.86 bits per heavy atom. The van der Waals surface area contributed by atoms with Gasteiger partial charge in [-0.25, -0.2) is 0 Å². The summed E-state index contributed by atoms with van der Waals surface area (Å²) in [5.41, 5.74) is 1.51. The van der Waals surface area contributed by atoms with Crippen molar-refractivity contribution in [1.29, 1.82) is 0 Å². The Labute approximate surface area is 86.3 Å². The molecule has 1 unspecified atom stereocenters. The first-order valence-electron chi connectivity index (χ1n) is 5.82. The standard InChI is InChI=1S/C12H20O2/c1-2-4-11(5-3-1)8-14-10-12-6-7-13-9-12/h8,12H,1-7,9-10H2. The van der Waals surface area contributed by atoms with Gasteiger partial charge in [0.25, 0.3) is 0 Å². The predicted octanol–water partition coefficient (Wildman–Crippen LogP) is 2.89. The molecule has 0 N–H and O–H groups in total. The first-order valence-corrected chi connectivity index (χ1v) is 5.82. The van der Waals surface area contributed by atoms with Crippen LogP contribution in [0.1, 0.15) is 38.5 Å². The molecule has 2 aliphatic rings. The molecule has 2 heteroatoms. The van der Waals surface area contributed by atoms with Crippen molar-refractivity contribution in [2.45, 2.75) is 38.5 Å². The Balaban J connectivity index is 1.64. The topological polar surface area (TPSA) is 18.5 Å². The van der Waals surface area contributed by atoms with Crippen molar-refractivity contribution in [3.63, 3.8) is 0 Å². The van der Waals surface area contributed by atoms with Gasteiger partial charge in [0.2, 0.25) is 0 Å². The highest BCUT2D eigenvalue weighted by Gasteiger charge is 2.15. The summed E-state index contributed by atoms with van der Waals surface area (Å²) in [6.07, 6.45) is 9.78. The molecule has 1 saturated heterocycles. The molecule has 2 fully saturated rings. The summed E-state index contributed by atoms with van der Waals surface area (Å²) in [6, 6.07) is 0. The molecule has 0 aromatic rings. The van der Waals surface area contributed by atoms with E-state index in [1.165, 1.54) is 44.1 Å². The molecule has 14 heavy (non-hydrogen) atoms. The van der Waals surface area contributed by atoms with E-state index in [-0.39, 0.29) is 0 Å². The van der Waals surface area contributed by atoms with Crippen LogP contribution in [-0.4, -0.2) is 19.8 Å². The average Bonchev–Trinajstić information content (AvgIpc) is 2.72. The maximum atomic E-state index is 5.62. The van der Waals surface area contributed by atoms with Gasteiger partial charge in [-0.05, 0) is 37.7 Å². The Morgan fingerprint density at radius 1 is 1.29 bits per heavy atom. The Hall–Kier alpha value is -0.500. The molecule has 0 spiro atoms. The van der Waals surface area contributed by atoms with Gasteiger partial charge in [-0.15, -0.1) is 0 Å². The Morgan fingerprint density at radius 2 is 2.14 bits per heavy atom. The fraction of sp³-hybridized carbons (Fsp3) is 0.833. The highest BCUT2D eigenvalue weighted by atomic mass is 16.5. The van der Waals surface area contributed by atoms with Crippen LogP contribution >= 0.6 is 0 Å². The minimum Gasteiger partial charge on any atom is -0.501 e. The van der Waals surface area contributed by atoms with Crippen LogP contribution in [0.5, 0.6) is 0 Å². The molecule has 0 amide bonds. The predicted molar refractivity (Wildman–Crippen MR) is 56.0 cm³/mol. The SMILES string of the molecule is C(OCC1CCOC1)=C1CCCCC1. The molecule has 0 aromatic carbocycles. The molecule has 1 aliphatic heterocycles. The van der Waals surface area contributed by atoms with Gasteiger partial charge in [0, 0.05) is 12.5 Å². The molecular weight excluding hydrogens is 176 g/mol. The maximum Gasteiger partial charge on any atom is 0.0924 e. The minimum atomic E-state index is 0.635. The lowest BCUT2D eigenvalue weighted by Crippen LogP contribution is -2.07. The molecular formula is C12H20O2. The molecule has 80 valence electrons. The molecule has 0 bridgehead atoms. The molecule has 1 saturated carbocycles. The third kappa shape index (κ3) is 3.02. The highest BCUT2D eigenvalue weighted by molar-refractivity contribution is 5.00. The third-order valence-electron chi connectivity index (χ3n) is 3.10. The molecule has 1 atom stereocenters. The van der Waals surface area contributed by atoms with E-state index in [1.54, 1.807) is 0 Å². The molecule has 1 heterocycles. The van der Waals surface area contributed by atoms with E-state index >= 15 is 0 Å². The van der Waals surface area contributed by atoms with Crippen LogP contribution in [0.2, 0.25) is 0 Å². The van der Waals surface area contributed by atoms with Gasteiger partial charge < -0.3 is 9.47 Å². The van der Waals surface area contributed by atoms with Gasteiger partial charge in [-0.1, -0.05) is 6.42 Å². The van der Waals surface area contributed by atoms with Crippen LogP contribution in [0.4, 0.5) is 0 Å². The van der Waals surface area contributed by atoms with Crippen molar-refractivity contribution < 1.29 is 9.47 Å². The second kappa shape index (κ2) is 5.40. The summed E-state index contributed by atoms with van der Waals surface area (Å²) < 4.78 is 10.9. The zero-order valence-corrected chi connectivity index (χ0v) is 8.84. The maximum absolute atomic E-state index is 5.62. The monoisotopic (exact) mass is 196 g/mol. The van der Waals surface area contributed by atoms with Crippen molar-refractivity contribution in [1.82, 2.24) is 0 Å². The van der Waals surface area contributed by atoms with E-state index in [4.69, 9.17) is 9.47 Å². The summed E-state index contributed by atoms with van der Waals surface area (Å²) in [7, 11) is 0.